The lowest BCUT2D eigenvalue weighted by molar-refractivity contribution is 0.134. The number of piperazine rings is 1. The van der Waals surface area contributed by atoms with Gasteiger partial charge in [0, 0.05) is 45.5 Å². The molecule has 5 heteroatoms. The van der Waals surface area contributed by atoms with Crippen molar-refractivity contribution in [2.75, 3.05) is 32.7 Å². The number of rotatable bonds is 6. The first-order valence-electron chi connectivity index (χ1n) is 7.94. The minimum absolute atomic E-state index is 0.0867. The van der Waals surface area contributed by atoms with Crippen LogP contribution >= 0.6 is 0 Å². The zero-order valence-electron chi connectivity index (χ0n) is 12.9. The topological polar surface area (TPSA) is 48.5 Å². The van der Waals surface area contributed by atoms with Crippen LogP contribution in [0.1, 0.15) is 31.9 Å². The highest BCUT2D eigenvalue weighted by atomic mass is 16.2. The first-order chi connectivity index (χ1) is 10.3. The third-order valence-corrected chi connectivity index (χ3v) is 3.83. The summed E-state index contributed by atoms with van der Waals surface area (Å²) in [7, 11) is 0. The molecule has 1 aromatic rings. The highest BCUT2D eigenvalue weighted by Gasteiger charge is 2.20. The molecule has 0 radical (unpaired) electrons. The summed E-state index contributed by atoms with van der Waals surface area (Å²) >= 11 is 0. The quantitative estimate of drug-likeness (QED) is 0.816. The average Bonchev–Trinajstić information content (AvgIpc) is 2.53. The third kappa shape index (κ3) is 5.34. The lowest BCUT2D eigenvalue weighted by atomic mass is 10.2. The molecule has 5 nitrogen and oxygen atoms in total. The van der Waals surface area contributed by atoms with Gasteiger partial charge in [-0.1, -0.05) is 25.8 Å². The molecule has 0 bridgehead atoms. The second kappa shape index (κ2) is 8.62. The Labute approximate surface area is 127 Å². The molecule has 1 aliphatic rings. The number of urea groups is 1. The van der Waals surface area contributed by atoms with Crippen molar-refractivity contribution in [3.63, 3.8) is 0 Å². The van der Waals surface area contributed by atoms with E-state index >= 15 is 0 Å². The van der Waals surface area contributed by atoms with Crippen molar-refractivity contribution in [2.24, 2.45) is 0 Å². The molecule has 1 N–H and O–H groups in total. The van der Waals surface area contributed by atoms with Gasteiger partial charge in [0.1, 0.15) is 0 Å². The summed E-state index contributed by atoms with van der Waals surface area (Å²) < 4.78 is 0. The minimum atomic E-state index is 0.0867. The summed E-state index contributed by atoms with van der Waals surface area (Å²) in [6, 6.07) is 6.09. The third-order valence-electron chi connectivity index (χ3n) is 3.83. The van der Waals surface area contributed by atoms with Crippen molar-refractivity contribution in [1.29, 1.82) is 0 Å². The Morgan fingerprint density at radius 1 is 1.24 bits per heavy atom. The molecule has 0 aromatic carbocycles. The fourth-order valence-corrected chi connectivity index (χ4v) is 2.51. The Balaban J connectivity index is 1.67. The van der Waals surface area contributed by atoms with Crippen LogP contribution in [0, 0.1) is 0 Å². The van der Waals surface area contributed by atoms with Crippen LogP contribution in [0.25, 0.3) is 0 Å². The first kappa shape index (κ1) is 15.8. The van der Waals surface area contributed by atoms with Gasteiger partial charge in [-0.2, -0.15) is 0 Å². The Kier molecular flexibility index (Phi) is 6.47. The fraction of sp³-hybridized carbons (Fsp3) is 0.625. The molecular weight excluding hydrogens is 264 g/mol. The number of hydrogen-bond acceptors (Lipinski definition) is 3. The van der Waals surface area contributed by atoms with Crippen molar-refractivity contribution in [3.8, 4) is 0 Å². The van der Waals surface area contributed by atoms with E-state index in [4.69, 9.17) is 0 Å². The number of amides is 2. The molecule has 21 heavy (non-hydrogen) atoms. The van der Waals surface area contributed by atoms with E-state index in [0.29, 0.717) is 0 Å². The van der Waals surface area contributed by atoms with Crippen molar-refractivity contribution in [1.82, 2.24) is 20.1 Å². The van der Waals surface area contributed by atoms with Gasteiger partial charge in [-0.3, -0.25) is 9.88 Å². The zero-order valence-corrected chi connectivity index (χ0v) is 12.9. The van der Waals surface area contributed by atoms with Gasteiger partial charge >= 0.3 is 6.03 Å². The van der Waals surface area contributed by atoms with Crippen molar-refractivity contribution >= 4 is 6.03 Å². The maximum Gasteiger partial charge on any atom is 0.317 e. The lowest BCUT2D eigenvalue weighted by Crippen LogP contribution is -2.51. The fourth-order valence-electron chi connectivity index (χ4n) is 2.51. The van der Waals surface area contributed by atoms with Crippen LogP contribution in [-0.2, 0) is 6.54 Å². The van der Waals surface area contributed by atoms with Crippen molar-refractivity contribution < 1.29 is 4.79 Å². The maximum absolute atomic E-state index is 12.0. The smallest absolute Gasteiger partial charge is 0.317 e. The van der Waals surface area contributed by atoms with E-state index in [1.54, 1.807) is 0 Å². The molecular formula is C16H26N4O. The van der Waals surface area contributed by atoms with Crippen LogP contribution in [0.15, 0.2) is 24.4 Å². The van der Waals surface area contributed by atoms with E-state index in [-0.39, 0.29) is 6.03 Å². The van der Waals surface area contributed by atoms with E-state index in [0.717, 1.165) is 51.4 Å². The number of nitrogens with zero attached hydrogens (tertiary/aromatic N) is 3. The van der Waals surface area contributed by atoms with E-state index in [1.807, 2.05) is 29.3 Å². The Hall–Kier alpha value is -1.62. The zero-order chi connectivity index (χ0) is 14.9. The van der Waals surface area contributed by atoms with Crippen molar-refractivity contribution in [2.45, 2.75) is 32.7 Å². The normalized spacial score (nSPS) is 16.0. The Morgan fingerprint density at radius 3 is 2.71 bits per heavy atom. The summed E-state index contributed by atoms with van der Waals surface area (Å²) in [6.45, 7) is 7.26. The number of carbonyl (C=O) groups is 1. The summed E-state index contributed by atoms with van der Waals surface area (Å²) in [5.41, 5.74) is 1.09. The van der Waals surface area contributed by atoms with Gasteiger partial charge in [-0.25, -0.2) is 4.79 Å². The van der Waals surface area contributed by atoms with E-state index in [2.05, 4.69) is 22.1 Å². The standard InChI is InChI=1S/C16H26N4O/c1-2-3-5-9-18-16(21)20-12-10-19(11-13-20)14-15-7-4-6-8-17-15/h4,6-8H,2-3,5,9-14H2,1H3,(H,18,21). The van der Waals surface area contributed by atoms with E-state index < -0.39 is 0 Å². The predicted molar refractivity (Wildman–Crippen MR) is 84.0 cm³/mol. The molecule has 0 spiro atoms. The molecule has 0 aliphatic carbocycles. The van der Waals surface area contributed by atoms with Gasteiger partial charge in [0.2, 0.25) is 0 Å². The highest BCUT2D eigenvalue weighted by molar-refractivity contribution is 5.74. The molecule has 1 fully saturated rings. The minimum Gasteiger partial charge on any atom is -0.338 e. The predicted octanol–water partition coefficient (Wildman–Crippen LogP) is 2.10. The average molecular weight is 290 g/mol. The maximum atomic E-state index is 12.0. The summed E-state index contributed by atoms with van der Waals surface area (Å²) in [6.07, 6.45) is 5.26. The summed E-state index contributed by atoms with van der Waals surface area (Å²) in [5.74, 6) is 0. The van der Waals surface area contributed by atoms with E-state index in [1.165, 1.54) is 12.8 Å². The number of carbonyl (C=O) groups excluding carboxylic acids is 1. The van der Waals surface area contributed by atoms with Crippen molar-refractivity contribution in [3.05, 3.63) is 30.1 Å². The van der Waals surface area contributed by atoms with Gasteiger partial charge in [0.15, 0.2) is 0 Å². The molecule has 0 atom stereocenters. The molecule has 2 heterocycles. The molecule has 0 unspecified atom stereocenters. The highest BCUT2D eigenvalue weighted by Crippen LogP contribution is 2.06. The van der Waals surface area contributed by atoms with Gasteiger partial charge in [0.05, 0.1) is 5.69 Å². The first-order valence-corrected chi connectivity index (χ1v) is 7.94. The molecule has 1 aliphatic heterocycles. The number of nitrogens with one attached hydrogen (secondary N) is 1. The van der Waals surface area contributed by atoms with Crippen LogP contribution in [0.3, 0.4) is 0 Å². The van der Waals surface area contributed by atoms with Gasteiger partial charge in [-0.05, 0) is 18.6 Å². The van der Waals surface area contributed by atoms with Crippen LogP contribution in [-0.4, -0.2) is 53.5 Å². The largest absolute Gasteiger partial charge is 0.338 e. The number of pyridine rings is 1. The van der Waals surface area contributed by atoms with Gasteiger partial charge in [-0.15, -0.1) is 0 Å². The van der Waals surface area contributed by atoms with Crippen LogP contribution in [0.2, 0.25) is 0 Å². The Morgan fingerprint density at radius 2 is 2.05 bits per heavy atom. The number of aromatic nitrogens is 1. The number of hydrogen-bond donors (Lipinski definition) is 1. The van der Waals surface area contributed by atoms with Crippen LogP contribution in [0.5, 0.6) is 0 Å². The molecule has 0 saturated carbocycles. The van der Waals surface area contributed by atoms with Crippen LogP contribution in [0.4, 0.5) is 4.79 Å². The summed E-state index contributed by atoms with van der Waals surface area (Å²) in [5, 5.41) is 3.01. The van der Waals surface area contributed by atoms with Gasteiger partial charge < -0.3 is 10.2 Å². The van der Waals surface area contributed by atoms with E-state index in [9.17, 15) is 4.79 Å². The molecule has 1 aromatic heterocycles. The van der Waals surface area contributed by atoms with Gasteiger partial charge in [0.25, 0.3) is 0 Å². The second-order valence-electron chi connectivity index (χ2n) is 5.52. The molecule has 2 rings (SSSR count). The Bertz CT molecular complexity index is 416. The van der Waals surface area contributed by atoms with Crippen LogP contribution < -0.4 is 5.32 Å². The molecule has 116 valence electrons. The molecule has 2 amide bonds. The number of unbranched alkanes of at least 4 members (excludes halogenated alkanes) is 2. The lowest BCUT2D eigenvalue weighted by Gasteiger charge is -2.34. The second-order valence-corrected chi connectivity index (χ2v) is 5.52. The monoisotopic (exact) mass is 290 g/mol. The summed E-state index contributed by atoms with van der Waals surface area (Å²) in [4.78, 5) is 20.6. The molecule has 1 saturated heterocycles. The SMILES string of the molecule is CCCCCNC(=O)N1CCN(Cc2ccccn2)CC1.